The smallest absolute Gasteiger partial charge is 0.155 e. The zero-order valence-corrected chi connectivity index (χ0v) is 15.0. The molecule has 2 aromatic heterocycles. The van der Waals surface area contributed by atoms with Crippen LogP contribution in [0.15, 0.2) is 48.8 Å². The van der Waals surface area contributed by atoms with E-state index in [1.807, 2.05) is 23.0 Å². The second kappa shape index (κ2) is 6.49. The third-order valence-electron chi connectivity index (χ3n) is 5.95. The third-order valence-corrected chi connectivity index (χ3v) is 5.95. The number of hydrogen-bond acceptors (Lipinski definition) is 4. The minimum absolute atomic E-state index is 0.0607. The largest absolute Gasteiger partial charge is 0.379 e. The number of morpholine rings is 1. The quantitative estimate of drug-likeness (QED) is 0.727. The summed E-state index contributed by atoms with van der Waals surface area (Å²) in [5.41, 5.74) is 4.91. The molecule has 0 amide bonds. The van der Waals surface area contributed by atoms with Crippen molar-refractivity contribution in [2.45, 2.75) is 31.2 Å². The summed E-state index contributed by atoms with van der Waals surface area (Å²) in [6.07, 6.45) is 7.40. The Morgan fingerprint density at radius 2 is 1.88 bits per heavy atom. The molecule has 5 rings (SSSR count). The molecule has 134 valence electrons. The first-order valence-corrected chi connectivity index (χ1v) is 9.54. The van der Waals surface area contributed by atoms with Crippen molar-refractivity contribution in [3.8, 4) is 0 Å². The zero-order valence-electron chi connectivity index (χ0n) is 15.0. The van der Waals surface area contributed by atoms with Crippen molar-refractivity contribution in [3.63, 3.8) is 0 Å². The minimum Gasteiger partial charge on any atom is -0.379 e. The highest BCUT2D eigenvalue weighted by molar-refractivity contribution is 5.47. The minimum atomic E-state index is 0.0607. The molecule has 0 bridgehead atoms. The fraction of sp³-hybridized carbons (Fsp3) is 0.429. The van der Waals surface area contributed by atoms with Crippen LogP contribution in [0.3, 0.4) is 0 Å². The first kappa shape index (κ1) is 16.0. The van der Waals surface area contributed by atoms with Crippen LogP contribution in [0.1, 0.15) is 36.1 Å². The van der Waals surface area contributed by atoms with Crippen LogP contribution in [0.4, 0.5) is 0 Å². The van der Waals surface area contributed by atoms with Crippen LogP contribution < -0.4 is 0 Å². The lowest BCUT2D eigenvalue weighted by molar-refractivity contribution is 0.0342. The summed E-state index contributed by atoms with van der Waals surface area (Å²) in [6, 6.07) is 13.3. The van der Waals surface area contributed by atoms with Gasteiger partial charge in [0.25, 0.3) is 0 Å². The van der Waals surface area contributed by atoms with Crippen molar-refractivity contribution in [1.29, 1.82) is 0 Å². The lowest BCUT2D eigenvalue weighted by Gasteiger charge is -2.41. The maximum absolute atomic E-state index is 5.44. The first-order chi connectivity index (χ1) is 12.8. The molecule has 1 saturated heterocycles. The van der Waals surface area contributed by atoms with E-state index < -0.39 is 0 Å². The monoisotopic (exact) mass is 348 g/mol. The molecule has 2 aliphatic rings. The van der Waals surface area contributed by atoms with Gasteiger partial charge in [0.05, 0.1) is 18.9 Å². The second-order valence-corrected chi connectivity index (χ2v) is 7.47. The third kappa shape index (κ3) is 2.72. The summed E-state index contributed by atoms with van der Waals surface area (Å²) in [5.74, 6) is 0. The van der Waals surface area contributed by atoms with Crippen LogP contribution in [0, 0.1) is 0 Å². The average Bonchev–Trinajstić information content (AvgIpc) is 3.07. The normalized spacial score (nSPS) is 20.2. The topological polar surface area (TPSA) is 42.7 Å². The van der Waals surface area contributed by atoms with Gasteiger partial charge in [-0.15, -0.1) is 0 Å². The summed E-state index contributed by atoms with van der Waals surface area (Å²) < 4.78 is 7.33. The number of hydrogen-bond donors (Lipinski definition) is 0. The number of nitrogens with zero attached hydrogens (tertiary/aromatic N) is 4. The average molecular weight is 348 g/mol. The van der Waals surface area contributed by atoms with Gasteiger partial charge < -0.3 is 4.74 Å². The summed E-state index contributed by atoms with van der Waals surface area (Å²) in [6.45, 7) is 4.76. The number of rotatable bonds is 4. The molecule has 0 radical (unpaired) electrons. The number of ether oxygens (including phenoxy) is 1. The van der Waals surface area contributed by atoms with Gasteiger partial charge in [0.2, 0.25) is 0 Å². The lowest BCUT2D eigenvalue weighted by Crippen LogP contribution is -2.36. The predicted molar refractivity (Wildman–Crippen MR) is 100 cm³/mol. The van der Waals surface area contributed by atoms with Crippen LogP contribution in [0.5, 0.6) is 0 Å². The highest BCUT2D eigenvalue weighted by Crippen LogP contribution is 2.48. The molecule has 26 heavy (non-hydrogen) atoms. The van der Waals surface area contributed by atoms with Crippen LogP contribution >= 0.6 is 0 Å². The molecule has 1 aliphatic heterocycles. The van der Waals surface area contributed by atoms with Gasteiger partial charge in [-0.2, -0.15) is 5.10 Å². The fourth-order valence-electron chi connectivity index (χ4n) is 4.23. The van der Waals surface area contributed by atoms with Crippen molar-refractivity contribution in [2.75, 3.05) is 26.3 Å². The SMILES string of the molecule is c1cnc2cc(C3(c4ccc(CN5CCOCC5)cc4)CCC3)nn2c1. The maximum Gasteiger partial charge on any atom is 0.155 e. The van der Waals surface area contributed by atoms with Crippen LogP contribution in [-0.2, 0) is 16.7 Å². The van der Waals surface area contributed by atoms with E-state index in [1.54, 1.807) is 0 Å². The first-order valence-electron chi connectivity index (χ1n) is 9.54. The second-order valence-electron chi connectivity index (χ2n) is 7.47. The van der Waals surface area contributed by atoms with E-state index in [4.69, 9.17) is 9.84 Å². The number of benzene rings is 1. The van der Waals surface area contributed by atoms with Gasteiger partial charge >= 0.3 is 0 Å². The van der Waals surface area contributed by atoms with E-state index in [-0.39, 0.29) is 5.41 Å². The summed E-state index contributed by atoms with van der Waals surface area (Å²) in [7, 11) is 0. The van der Waals surface area contributed by atoms with Crippen LogP contribution in [-0.4, -0.2) is 45.8 Å². The van der Waals surface area contributed by atoms with Gasteiger partial charge in [0.15, 0.2) is 5.65 Å². The molecule has 5 nitrogen and oxygen atoms in total. The van der Waals surface area contributed by atoms with Crippen molar-refractivity contribution in [2.24, 2.45) is 0 Å². The standard InChI is InChI=1S/C21H24N4O/c1-7-21(8-1,19-15-20-22-9-2-10-25(20)23-19)18-5-3-17(4-6-18)16-24-11-13-26-14-12-24/h2-6,9-10,15H,1,7-8,11-14,16H2. The predicted octanol–water partition coefficient (Wildman–Crippen LogP) is 3.03. The Hall–Kier alpha value is -2.24. The molecular formula is C21H24N4O. The Kier molecular flexibility index (Phi) is 3.98. The van der Waals surface area contributed by atoms with E-state index in [2.05, 4.69) is 40.2 Å². The van der Waals surface area contributed by atoms with Gasteiger partial charge in [0.1, 0.15) is 0 Å². The molecule has 1 aliphatic carbocycles. The Labute approximate surface area is 153 Å². The fourth-order valence-corrected chi connectivity index (χ4v) is 4.23. The molecule has 0 spiro atoms. The molecule has 3 aromatic rings. The van der Waals surface area contributed by atoms with E-state index >= 15 is 0 Å². The van der Waals surface area contributed by atoms with Gasteiger partial charge in [-0.05, 0) is 30.0 Å². The lowest BCUT2D eigenvalue weighted by atomic mass is 9.62. The van der Waals surface area contributed by atoms with E-state index in [1.165, 1.54) is 30.4 Å². The molecule has 1 aromatic carbocycles. The zero-order chi connectivity index (χ0) is 17.4. The highest BCUT2D eigenvalue weighted by Gasteiger charge is 2.42. The molecule has 2 fully saturated rings. The van der Waals surface area contributed by atoms with Crippen LogP contribution in [0.2, 0.25) is 0 Å². The molecule has 0 unspecified atom stereocenters. The van der Waals surface area contributed by atoms with Crippen molar-refractivity contribution in [1.82, 2.24) is 19.5 Å². The van der Waals surface area contributed by atoms with E-state index in [9.17, 15) is 0 Å². The molecule has 3 heterocycles. The Morgan fingerprint density at radius 3 is 2.58 bits per heavy atom. The molecule has 5 heteroatoms. The molecule has 0 N–H and O–H groups in total. The molecular weight excluding hydrogens is 324 g/mol. The van der Waals surface area contributed by atoms with Crippen molar-refractivity contribution in [3.05, 3.63) is 65.6 Å². The Bertz CT molecular complexity index is 859. The Morgan fingerprint density at radius 1 is 1.08 bits per heavy atom. The van der Waals surface area contributed by atoms with E-state index in [0.29, 0.717) is 0 Å². The van der Waals surface area contributed by atoms with Crippen molar-refractivity contribution < 1.29 is 4.74 Å². The van der Waals surface area contributed by atoms with Gasteiger partial charge in [-0.3, -0.25) is 4.90 Å². The van der Waals surface area contributed by atoms with Gasteiger partial charge in [-0.1, -0.05) is 30.7 Å². The maximum atomic E-state index is 5.44. The summed E-state index contributed by atoms with van der Waals surface area (Å²) in [5, 5.41) is 4.83. The number of aromatic nitrogens is 3. The molecule has 0 atom stereocenters. The van der Waals surface area contributed by atoms with E-state index in [0.717, 1.165) is 44.2 Å². The molecule has 1 saturated carbocycles. The summed E-state index contributed by atoms with van der Waals surface area (Å²) >= 11 is 0. The highest BCUT2D eigenvalue weighted by atomic mass is 16.5. The summed E-state index contributed by atoms with van der Waals surface area (Å²) in [4.78, 5) is 6.90. The Balaban J connectivity index is 1.41. The van der Waals surface area contributed by atoms with Gasteiger partial charge in [-0.25, -0.2) is 9.50 Å². The van der Waals surface area contributed by atoms with Crippen molar-refractivity contribution >= 4 is 5.65 Å². The van der Waals surface area contributed by atoms with Gasteiger partial charge in [0, 0.05) is 43.5 Å². The van der Waals surface area contributed by atoms with Crippen LogP contribution in [0.25, 0.3) is 5.65 Å². The number of fused-ring (bicyclic) bond motifs is 1.